The van der Waals surface area contributed by atoms with Crippen molar-refractivity contribution < 1.29 is 4.39 Å². The van der Waals surface area contributed by atoms with Crippen LogP contribution in [0.2, 0.25) is 5.02 Å². The molecule has 0 spiro atoms. The minimum atomic E-state index is -0.144. The summed E-state index contributed by atoms with van der Waals surface area (Å²) in [6.07, 6.45) is 0.659. The van der Waals surface area contributed by atoms with Crippen molar-refractivity contribution in [2.45, 2.75) is 32.2 Å². The molecular weight excluding hydrogens is 285 g/mol. The maximum atomic E-state index is 13.9. The van der Waals surface area contributed by atoms with Crippen LogP contribution < -0.4 is 5.32 Å². The Bertz CT molecular complexity index is 583. The van der Waals surface area contributed by atoms with Crippen LogP contribution in [0.4, 0.5) is 4.39 Å². The predicted octanol–water partition coefficient (Wildman–Crippen LogP) is 4.80. The first-order valence-corrected chi connectivity index (χ1v) is 7.66. The van der Waals surface area contributed by atoms with Gasteiger partial charge in [-0.05, 0) is 35.7 Å². The van der Waals surface area contributed by atoms with E-state index in [0.717, 1.165) is 22.7 Å². The van der Waals surface area contributed by atoms with E-state index in [2.05, 4.69) is 25.2 Å². The van der Waals surface area contributed by atoms with E-state index >= 15 is 0 Å². The van der Waals surface area contributed by atoms with Gasteiger partial charge in [0.2, 0.25) is 0 Å². The summed E-state index contributed by atoms with van der Waals surface area (Å²) < 4.78 is 13.9. The maximum Gasteiger partial charge on any atom is 0.126 e. The normalized spacial score (nSPS) is 12.6. The van der Waals surface area contributed by atoms with Gasteiger partial charge < -0.3 is 5.32 Å². The first kappa shape index (κ1) is 16.0. The molecule has 0 heterocycles. The van der Waals surface area contributed by atoms with Crippen LogP contribution in [0.3, 0.4) is 0 Å². The van der Waals surface area contributed by atoms with Gasteiger partial charge in [0.25, 0.3) is 0 Å². The number of hydrogen-bond acceptors (Lipinski definition) is 1. The molecule has 0 fully saturated rings. The summed E-state index contributed by atoms with van der Waals surface area (Å²) >= 11 is 6.09. The fraction of sp³-hybridized carbons (Fsp3) is 0.333. The van der Waals surface area contributed by atoms with Crippen molar-refractivity contribution in [2.24, 2.45) is 0 Å². The van der Waals surface area contributed by atoms with Gasteiger partial charge in [-0.1, -0.05) is 55.8 Å². The van der Waals surface area contributed by atoms with Crippen LogP contribution in [-0.2, 0) is 6.42 Å². The van der Waals surface area contributed by atoms with Crippen molar-refractivity contribution in [1.82, 2.24) is 5.32 Å². The lowest BCUT2D eigenvalue weighted by Gasteiger charge is -2.20. The van der Waals surface area contributed by atoms with Crippen LogP contribution in [-0.4, -0.2) is 12.6 Å². The summed E-state index contributed by atoms with van der Waals surface area (Å²) in [7, 11) is 0. The molecule has 0 aromatic heterocycles. The molecular formula is C18H21ClFN. The summed E-state index contributed by atoms with van der Waals surface area (Å²) in [5.41, 5.74) is 1.88. The van der Waals surface area contributed by atoms with Crippen LogP contribution in [0.5, 0.6) is 0 Å². The Kier molecular flexibility index (Phi) is 5.77. The third-order valence-corrected chi connectivity index (χ3v) is 3.75. The van der Waals surface area contributed by atoms with Gasteiger partial charge in [-0.25, -0.2) is 4.39 Å². The monoisotopic (exact) mass is 305 g/mol. The van der Waals surface area contributed by atoms with Gasteiger partial charge in [-0.3, -0.25) is 0 Å². The molecule has 0 saturated carbocycles. The molecule has 0 amide bonds. The van der Waals surface area contributed by atoms with E-state index in [-0.39, 0.29) is 11.7 Å². The lowest BCUT2D eigenvalue weighted by atomic mass is 9.91. The van der Waals surface area contributed by atoms with E-state index in [4.69, 9.17) is 11.6 Å². The van der Waals surface area contributed by atoms with E-state index in [9.17, 15) is 4.39 Å². The highest BCUT2D eigenvalue weighted by molar-refractivity contribution is 6.30. The third kappa shape index (κ3) is 4.83. The topological polar surface area (TPSA) is 12.0 Å². The highest BCUT2D eigenvalue weighted by Gasteiger charge is 2.15. The van der Waals surface area contributed by atoms with Gasteiger partial charge in [0.1, 0.15) is 5.82 Å². The summed E-state index contributed by atoms with van der Waals surface area (Å²) in [6.45, 7) is 5.02. The van der Waals surface area contributed by atoms with Crippen LogP contribution in [0, 0.1) is 5.82 Å². The highest BCUT2D eigenvalue weighted by atomic mass is 35.5. The number of benzene rings is 2. The second-order valence-corrected chi connectivity index (χ2v) is 6.05. The Morgan fingerprint density at radius 3 is 2.52 bits per heavy atom. The quantitative estimate of drug-likeness (QED) is 0.808. The van der Waals surface area contributed by atoms with Gasteiger partial charge in [-0.2, -0.15) is 0 Å². The number of rotatable bonds is 6. The fourth-order valence-electron chi connectivity index (χ4n) is 2.38. The van der Waals surface area contributed by atoms with Crippen molar-refractivity contribution in [1.29, 1.82) is 0 Å². The molecule has 21 heavy (non-hydrogen) atoms. The molecule has 0 bridgehead atoms. The summed E-state index contributed by atoms with van der Waals surface area (Å²) in [5, 5.41) is 4.16. The molecule has 2 aromatic rings. The fourth-order valence-corrected chi connectivity index (χ4v) is 2.57. The smallest absolute Gasteiger partial charge is 0.126 e. The SMILES string of the molecule is CC(C)NCC(Cc1ccccc1F)c1cccc(Cl)c1. The lowest BCUT2D eigenvalue weighted by Crippen LogP contribution is -2.29. The molecule has 1 N–H and O–H groups in total. The van der Waals surface area contributed by atoms with Crippen LogP contribution in [0.15, 0.2) is 48.5 Å². The molecule has 2 aromatic carbocycles. The number of halogens is 2. The second-order valence-electron chi connectivity index (χ2n) is 5.61. The standard InChI is InChI=1S/C18H21ClFN/c1-13(2)21-12-16(14-7-5-8-17(19)11-14)10-15-6-3-4-9-18(15)20/h3-9,11,13,16,21H,10,12H2,1-2H3. The Hall–Kier alpha value is -1.38. The largest absolute Gasteiger partial charge is 0.314 e. The molecule has 0 aliphatic heterocycles. The summed E-state index contributed by atoms with van der Waals surface area (Å²) in [5.74, 6) is 0.0528. The molecule has 112 valence electrons. The van der Waals surface area contributed by atoms with E-state index in [1.54, 1.807) is 6.07 Å². The van der Waals surface area contributed by atoms with E-state index < -0.39 is 0 Å². The van der Waals surface area contributed by atoms with E-state index in [0.29, 0.717) is 12.5 Å². The van der Waals surface area contributed by atoms with Crippen molar-refractivity contribution in [3.05, 3.63) is 70.5 Å². The average molecular weight is 306 g/mol. The van der Waals surface area contributed by atoms with Crippen LogP contribution in [0.25, 0.3) is 0 Å². The molecule has 0 radical (unpaired) electrons. The van der Waals surface area contributed by atoms with E-state index in [1.807, 2.05) is 30.3 Å². The van der Waals surface area contributed by atoms with Crippen molar-refractivity contribution >= 4 is 11.6 Å². The molecule has 1 nitrogen and oxygen atoms in total. The Morgan fingerprint density at radius 2 is 1.86 bits per heavy atom. The minimum absolute atomic E-state index is 0.144. The highest BCUT2D eigenvalue weighted by Crippen LogP contribution is 2.24. The Balaban J connectivity index is 2.21. The van der Waals surface area contributed by atoms with E-state index in [1.165, 1.54) is 6.07 Å². The van der Waals surface area contributed by atoms with Crippen molar-refractivity contribution in [2.75, 3.05) is 6.54 Å². The molecule has 2 rings (SSSR count). The molecule has 0 aliphatic rings. The number of hydrogen-bond donors (Lipinski definition) is 1. The summed E-state index contributed by atoms with van der Waals surface area (Å²) in [4.78, 5) is 0. The van der Waals surface area contributed by atoms with Gasteiger partial charge in [0.15, 0.2) is 0 Å². The second kappa shape index (κ2) is 7.58. The molecule has 3 heteroatoms. The summed E-state index contributed by atoms with van der Waals surface area (Å²) in [6, 6.07) is 15.2. The van der Waals surface area contributed by atoms with Gasteiger partial charge >= 0.3 is 0 Å². The zero-order valence-corrected chi connectivity index (χ0v) is 13.2. The zero-order valence-electron chi connectivity index (χ0n) is 12.4. The Labute approximate surface area is 131 Å². The average Bonchev–Trinajstić information content (AvgIpc) is 2.45. The number of nitrogens with one attached hydrogen (secondary N) is 1. The van der Waals surface area contributed by atoms with Gasteiger partial charge in [0.05, 0.1) is 0 Å². The van der Waals surface area contributed by atoms with Crippen molar-refractivity contribution in [3.8, 4) is 0 Å². The third-order valence-electron chi connectivity index (χ3n) is 3.52. The molecule has 0 saturated heterocycles. The Morgan fingerprint density at radius 1 is 1.10 bits per heavy atom. The maximum absolute atomic E-state index is 13.9. The molecule has 1 atom stereocenters. The first-order valence-electron chi connectivity index (χ1n) is 7.28. The zero-order chi connectivity index (χ0) is 15.2. The minimum Gasteiger partial charge on any atom is -0.314 e. The predicted molar refractivity (Wildman–Crippen MR) is 87.4 cm³/mol. The van der Waals surface area contributed by atoms with Gasteiger partial charge in [-0.15, -0.1) is 0 Å². The molecule has 0 aliphatic carbocycles. The van der Waals surface area contributed by atoms with Crippen LogP contribution in [0.1, 0.15) is 30.9 Å². The van der Waals surface area contributed by atoms with Crippen LogP contribution >= 0.6 is 11.6 Å². The van der Waals surface area contributed by atoms with Gasteiger partial charge in [0, 0.05) is 23.5 Å². The lowest BCUT2D eigenvalue weighted by molar-refractivity contribution is 0.517. The molecule has 1 unspecified atom stereocenters. The first-order chi connectivity index (χ1) is 10.1. The van der Waals surface area contributed by atoms with Crippen molar-refractivity contribution in [3.63, 3.8) is 0 Å².